The Morgan fingerprint density at radius 3 is 2.46 bits per heavy atom. The SMILES string of the molecule is COC(=O)[C@H]1O[C@@H](Oc2ccc(C=O)cc2C(=O)NCCCN=[N+]=[N-])[C@H](O)[C@@H](OC(C)=O)[C@@H]1OC(C)=O. The van der Waals surface area contributed by atoms with Crippen LogP contribution in [0.15, 0.2) is 23.3 Å². The summed E-state index contributed by atoms with van der Waals surface area (Å²) >= 11 is 0. The molecule has 1 aromatic rings. The number of aliphatic hydroxyl groups excluding tert-OH is 1. The van der Waals surface area contributed by atoms with Crippen molar-refractivity contribution < 1.29 is 52.8 Å². The van der Waals surface area contributed by atoms with Gasteiger partial charge in [-0.25, -0.2) is 4.79 Å². The summed E-state index contributed by atoms with van der Waals surface area (Å²) in [5.41, 5.74) is 8.34. The Balaban J connectivity index is 2.38. The minimum Gasteiger partial charge on any atom is -0.467 e. The van der Waals surface area contributed by atoms with Gasteiger partial charge in [0.1, 0.15) is 12.0 Å². The highest BCUT2D eigenvalue weighted by Crippen LogP contribution is 2.30. The lowest BCUT2D eigenvalue weighted by molar-refractivity contribution is -0.278. The maximum Gasteiger partial charge on any atom is 0.339 e. The van der Waals surface area contributed by atoms with Gasteiger partial charge < -0.3 is 34.1 Å². The molecule has 1 amide bonds. The first-order valence-corrected chi connectivity index (χ1v) is 10.9. The number of rotatable bonds is 11. The zero-order valence-electron chi connectivity index (χ0n) is 20.2. The van der Waals surface area contributed by atoms with Crippen molar-refractivity contribution in [3.05, 3.63) is 39.8 Å². The summed E-state index contributed by atoms with van der Waals surface area (Å²) < 4.78 is 26.1. The average Bonchev–Trinajstić information content (AvgIpc) is 2.86. The summed E-state index contributed by atoms with van der Waals surface area (Å²) in [7, 11) is 1.04. The monoisotopic (exact) mass is 522 g/mol. The summed E-state index contributed by atoms with van der Waals surface area (Å²) in [6.07, 6.45) is -7.50. The second-order valence-corrected chi connectivity index (χ2v) is 7.64. The number of esters is 3. The summed E-state index contributed by atoms with van der Waals surface area (Å²) in [6.45, 7) is 2.36. The predicted octanol–water partition coefficient (Wildman–Crippen LogP) is 0.430. The second kappa shape index (κ2) is 13.8. The van der Waals surface area contributed by atoms with E-state index in [1.54, 1.807) is 0 Å². The first-order chi connectivity index (χ1) is 17.6. The molecule has 1 aliphatic rings. The molecule has 1 saturated heterocycles. The quantitative estimate of drug-likeness (QED) is 0.0773. The molecule has 1 aliphatic heterocycles. The molecule has 15 nitrogen and oxygen atoms in total. The molecule has 0 bridgehead atoms. The van der Waals surface area contributed by atoms with Crippen molar-refractivity contribution in [1.82, 2.24) is 5.32 Å². The number of aliphatic hydroxyl groups is 1. The molecular formula is C22H26N4O11. The maximum atomic E-state index is 12.8. The van der Waals surface area contributed by atoms with Crippen LogP contribution in [0.4, 0.5) is 0 Å². The minimum atomic E-state index is -1.79. The Kier molecular flexibility index (Phi) is 10.8. The van der Waals surface area contributed by atoms with Gasteiger partial charge in [0, 0.05) is 37.4 Å². The number of azide groups is 1. The second-order valence-electron chi connectivity index (χ2n) is 7.64. The van der Waals surface area contributed by atoms with Crippen molar-refractivity contribution >= 4 is 30.1 Å². The first kappa shape index (κ1) is 29.0. The number of methoxy groups -OCH3 is 1. The molecule has 0 spiro atoms. The smallest absolute Gasteiger partial charge is 0.339 e. The predicted molar refractivity (Wildman–Crippen MR) is 121 cm³/mol. The number of carbonyl (C=O) groups is 5. The Bertz CT molecular complexity index is 1070. The maximum absolute atomic E-state index is 12.8. The topological polar surface area (TPSA) is 213 Å². The van der Waals surface area contributed by atoms with Crippen molar-refractivity contribution in [2.24, 2.45) is 5.11 Å². The van der Waals surface area contributed by atoms with Gasteiger partial charge in [-0.15, -0.1) is 0 Å². The number of hydrogen-bond acceptors (Lipinski definition) is 12. The lowest BCUT2D eigenvalue weighted by atomic mass is 9.98. The van der Waals surface area contributed by atoms with E-state index >= 15 is 0 Å². The van der Waals surface area contributed by atoms with Gasteiger partial charge in [-0.05, 0) is 30.2 Å². The van der Waals surface area contributed by atoms with E-state index in [2.05, 4.69) is 20.1 Å². The van der Waals surface area contributed by atoms with Gasteiger partial charge >= 0.3 is 17.9 Å². The molecule has 1 heterocycles. The molecular weight excluding hydrogens is 496 g/mol. The van der Waals surface area contributed by atoms with Gasteiger partial charge in [0.25, 0.3) is 5.91 Å². The highest BCUT2D eigenvalue weighted by atomic mass is 16.7. The molecule has 1 aromatic carbocycles. The van der Waals surface area contributed by atoms with Crippen LogP contribution < -0.4 is 10.1 Å². The fraction of sp³-hybridized carbons (Fsp3) is 0.500. The number of benzene rings is 1. The zero-order valence-corrected chi connectivity index (χ0v) is 20.2. The van der Waals surface area contributed by atoms with E-state index < -0.39 is 54.5 Å². The molecule has 1 fully saturated rings. The molecule has 2 N–H and O–H groups in total. The number of nitrogens with one attached hydrogen (secondary N) is 1. The largest absolute Gasteiger partial charge is 0.467 e. The number of carbonyl (C=O) groups excluding carboxylic acids is 5. The van der Waals surface area contributed by atoms with Gasteiger partial charge in [0.2, 0.25) is 6.29 Å². The van der Waals surface area contributed by atoms with E-state index in [9.17, 15) is 29.1 Å². The standard InChI is InChI=1S/C22H26N4O11/c1-11(28)34-17-16(30)22(37-19(21(32)33-3)18(17)35-12(2)29)36-15-6-5-13(10-27)9-14(15)20(31)24-7-4-8-25-26-23/h5-6,9-10,16-19,22,30H,4,7-8H2,1-3H3,(H,24,31)/t16-,17-,18+,19+,22-/m1/s1. The molecule has 0 unspecified atom stereocenters. The fourth-order valence-corrected chi connectivity index (χ4v) is 3.39. The fourth-order valence-electron chi connectivity index (χ4n) is 3.39. The van der Waals surface area contributed by atoms with E-state index in [1.165, 1.54) is 18.2 Å². The van der Waals surface area contributed by atoms with Crippen molar-refractivity contribution in [1.29, 1.82) is 0 Å². The van der Waals surface area contributed by atoms with Gasteiger partial charge in [-0.3, -0.25) is 19.2 Å². The Labute approximate surface area is 210 Å². The molecule has 15 heteroatoms. The number of ether oxygens (including phenoxy) is 5. The van der Waals surface area contributed by atoms with Crippen LogP contribution in [0, 0.1) is 0 Å². The van der Waals surface area contributed by atoms with Crippen LogP contribution in [0.1, 0.15) is 41.0 Å². The van der Waals surface area contributed by atoms with Crippen LogP contribution in [-0.2, 0) is 33.3 Å². The van der Waals surface area contributed by atoms with Gasteiger partial charge in [-0.1, -0.05) is 5.11 Å². The molecule has 2 rings (SSSR count). The molecule has 0 aromatic heterocycles. The summed E-state index contributed by atoms with van der Waals surface area (Å²) in [5, 5.41) is 16.8. The Morgan fingerprint density at radius 2 is 1.86 bits per heavy atom. The minimum absolute atomic E-state index is 0.120. The highest BCUT2D eigenvalue weighted by Gasteiger charge is 2.53. The van der Waals surface area contributed by atoms with Gasteiger partial charge in [0.05, 0.1) is 12.7 Å². The molecule has 200 valence electrons. The lowest BCUT2D eigenvalue weighted by Crippen LogP contribution is -2.63. The van der Waals surface area contributed by atoms with Crippen LogP contribution >= 0.6 is 0 Å². The van der Waals surface area contributed by atoms with Crippen molar-refractivity contribution in [3.8, 4) is 5.75 Å². The van der Waals surface area contributed by atoms with Crippen LogP contribution in [0.25, 0.3) is 10.4 Å². The van der Waals surface area contributed by atoms with Crippen LogP contribution in [0.2, 0.25) is 0 Å². The normalized spacial score (nSPS) is 22.5. The summed E-state index contributed by atoms with van der Waals surface area (Å²) in [4.78, 5) is 62.4. The Hall–Kier alpha value is -4.20. The third-order valence-corrected chi connectivity index (χ3v) is 4.97. The summed E-state index contributed by atoms with van der Waals surface area (Å²) in [6, 6.07) is 3.82. The van der Waals surface area contributed by atoms with Gasteiger partial charge in [-0.2, -0.15) is 0 Å². The van der Waals surface area contributed by atoms with Crippen molar-refractivity contribution in [3.63, 3.8) is 0 Å². The van der Waals surface area contributed by atoms with E-state index in [1.807, 2.05) is 0 Å². The van der Waals surface area contributed by atoms with Gasteiger partial charge in [0.15, 0.2) is 24.4 Å². The van der Waals surface area contributed by atoms with Crippen molar-refractivity contribution in [2.75, 3.05) is 20.2 Å². The lowest BCUT2D eigenvalue weighted by Gasteiger charge is -2.41. The number of aldehydes is 1. The van der Waals surface area contributed by atoms with Crippen molar-refractivity contribution in [2.45, 2.75) is 51.0 Å². The molecule has 5 atom stereocenters. The summed E-state index contributed by atoms with van der Waals surface area (Å²) in [5.74, 6) is -3.54. The Morgan fingerprint density at radius 1 is 1.19 bits per heavy atom. The number of nitrogens with zero attached hydrogens (tertiary/aromatic N) is 3. The van der Waals surface area contributed by atoms with E-state index in [4.69, 9.17) is 24.5 Å². The third kappa shape index (κ3) is 7.90. The van der Waals surface area contributed by atoms with Crippen LogP contribution in [0.5, 0.6) is 5.75 Å². The average molecular weight is 522 g/mol. The third-order valence-electron chi connectivity index (χ3n) is 4.97. The zero-order chi connectivity index (χ0) is 27.5. The molecule has 0 radical (unpaired) electrons. The molecule has 0 aliphatic carbocycles. The highest BCUT2D eigenvalue weighted by molar-refractivity contribution is 5.98. The molecule has 0 saturated carbocycles. The van der Waals surface area contributed by atoms with Crippen LogP contribution in [-0.4, -0.2) is 86.1 Å². The molecule has 37 heavy (non-hydrogen) atoms. The van der Waals surface area contributed by atoms with E-state index in [0.29, 0.717) is 12.7 Å². The number of amides is 1. The van der Waals surface area contributed by atoms with E-state index in [-0.39, 0.29) is 30.0 Å². The van der Waals surface area contributed by atoms with Crippen LogP contribution in [0.3, 0.4) is 0 Å². The first-order valence-electron chi connectivity index (χ1n) is 10.9. The number of hydrogen-bond donors (Lipinski definition) is 2. The van der Waals surface area contributed by atoms with E-state index in [0.717, 1.165) is 21.0 Å².